The minimum absolute atomic E-state index is 0.145. The van der Waals surface area contributed by atoms with Gasteiger partial charge < -0.3 is 9.32 Å². The van der Waals surface area contributed by atoms with Crippen LogP contribution in [0.1, 0.15) is 45.2 Å². The Labute approximate surface area is 177 Å². The van der Waals surface area contributed by atoms with E-state index in [9.17, 15) is 4.79 Å². The number of carbonyl (C=O) groups is 1. The average molecular weight is 407 g/mol. The van der Waals surface area contributed by atoms with E-state index in [0.717, 1.165) is 54.5 Å². The molecule has 1 saturated heterocycles. The fourth-order valence-corrected chi connectivity index (χ4v) is 4.24. The van der Waals surface area contributed by atoms with Gasteiger partial charge in [-0.15, -0.1) is 10.2 Å². The number of hydrogen-bond acceptors (Lipinski definition) is 6. The van der Waals surface area contributed by atoms with Gasteiger partial charge in [0, 0.05) is 48.6 Å². The van der Waals surface area contributed by atoms with E-state index >= 15 is 0 Å². The Hall–Kier alpha value is -2.60. The van der Waals surface area contributed by atoms with Crippen LogP contribution in [0.3, 0.4) is 0 Å². The van der Waals surface area contributed by atoms with E-state index in [0.29, 0.717) is 29.4 Å². The molecule has 0 radical (unpaired) electrons. The number of piperidine rings is 1. The van der Waals surface area contributed by atoms with E-state index in [1.54, 1.807) is 6.92 Å². The molecule has 158 valence electrons. The summed E-state index contributed by atoms with van der Waals surface area (Å²) in [5.74, 6) is 1.50. The van der Waals surface area contributed by atoms with Gasteiger partial charge in [-0.3, -0.25) is 9.78 Å². The lowest BCUT2D eigenvalue weighted by Gasteiger charge is -2.35. The van der Waals surface area contributed by atoms with Gasteiger partial charge in [0.2, 0.25) is 11.8 Å². The molecule has 2 aromatic heterocycles. The van der Waals surface area contributed by atoms with E-state index < -0.39 is 0 Å². The number of fused-ring (bicyclic) bond motifs is 1. The first-order chi connectivity index (χ1) is 14.3. The summed E-state index contributed by atoms with van der Waals surface area (Å²) in [6, 6.07) is 7.97. The van der Waals surface area contributed by atoms with Crippen molar-refractivity contribution in [2.45, 2.75) is 47.0 Å². The van der Waals surface area contributed by atoms with Gasteiger partial charge in [-0.25, -0.2) is 0 Å². The van der Waals surface area contributed by atoms with E-state index in [4.69, 9.17) is 4.42 Å². The summed E-state index contributed by atoms with van der Waals surface area (Å²) in [6.07, 6.45) is 4.13. The molecular weight excluding hydrogens is 376 g/mol. The van der Waals surface area contributed by atoms with Crippen molar-refractivity contribution in [1.29, 1.82) is 0 Å². The lowest BCUT2D eigenvalue weighted by Crippen LogP contribution is -2.40. The molecule has 0 saturated carbocycles. The van der Waals surface area contributed by atoms with Crippen LogP contribution in [-0.4, -0.2) is 45.5 Å². The minimum Gasteiger partial charge on any atom is -0.421 e. The molecular formula is C24H30N4O2. The molecule has 30 heavy (non-hydrogen) atoms. The molecule has 0 N–H and O–H groups in total. The van der Waals surface area contributed by atoms with Crippen molar-refractivity contribution >= 4 is 16.6 Å². The Bertz CT molecular complexity index is 1040. The van der Waals surface area contributed by atoms with E-state index in [2.05, 4.69) is 40.9 Å². The highest BCUT2D eigenvalue weighted by Gasteiger charge is 2.27. The minimum atomic E-state index is 0.145. The number of pyridine rings is 1. The molecule has 0 bridgehead atoms. The molecule has 3 heterocycles. The molecule has 1 aliphatic heterocycles. The predicted octanol–water partition coefficient (Wildman–Crippen LogP) is 4.46. The third-order valence-electron chi connectivity index (χ3n) is 5.65. The molecule has 0 amide bonds. The standard InChI is InChI=1S/C24H30N4O2/c1-16-26-27-23(30-16)18-5-6-19-14-25-21(12-20(19)11-18)13-22(29)17-7-9-28(10-8-17)15-24(2,3)4/h5-6,11-12,14,17H,7-10,13,15H2,1-4H3. The smallest absolute Gasteiger partial charge is 0.247 e. The summed E-state index contributed by atoms with van der Waals surface area (Å²) in [6.45, 7) is 11.7. The number of rotatable bonds is 5. The maximum atomic E-state index is 12.9. The number of aryl methyl sites for hydroxylation is 1. The molecule has 3 aromatic rings. The highest BCUT2D eigenvalue weighted by molar-refractivity contribution is 5.88. The number of nitrogens with zero attached hydrogens (tertiary/aromatic N) is 4. The molecule has 0 spiro atoms. The zero-order valence-electron chi connectivity index (χ0n) is 18.3. The Morgan fingerprint density at radius 1 is 1.13 bits per heavy atom. The van der Waals surface area contributed by atoms with Gasteiger partial charge in [-0.1, -0.05) is 26.8 Å². The van der Waals surface area contributed by atoms with Crippen LogP contribution in [0, 0.1) is 18.3 Å². The first kappa shape index (κ1) is 20.7. The molecule has 1 aliphatic rings. The SMILES string of the molecule is Cc1nnc(-c2ccc3cnc(CC(=O)C4CCN(CC(C)(C)C)CC4)cc3c2)o1. The second-order valence-corrected chi connectivity index (χ2v) is 9.62. The van der Waals surface area contributed by atoms with E-state index in [-0.39, 0.29) is 5.92 Å². The number of Topliss-reactive ketones (excluding diaryl/α,β-unsaturated/α-hetero) is 1. The summed E-state index contributed by atoms with van der Waals surface area (Å²) in [4.78, 5) is 19.9. The molecule has 6 nitrogen and oxygen atoms in total. The second-order valence-electron chi connectivity index (χ2n) is 9.62. The molecule has 6 heteroatoms. The molecule has 0 atom stereocenters. The summed E-state index contributed by atoms with van der Waals surface area (Å²) >= 11 is 0. The van der Waals surface area contributed by atoms with Crippen LogP contribution >= 0.6 is 0 Å². The molecule has 0 unspecified atom stereocenters. The first-order valence-corrected chi connectivity index (χ1v) is 10.7. The number of aromatic nitrogens is 3. The Kier molecular flexibility index (Phi) is 5.69. The van der Waals surface area contributed by atoms with Crippen LogP contribution in [0.15, 0.2) is 34.9 Å². The maximum Gasteiger partial charge on any atom is 0.247 e. The van der Waals surface area contributed by atoms with Gasteiger partial charge in [-0.2, -0.15) is 0 Å². The normalized spacial score (nSPS) is 16.3. The molecule has 1 fully saturated rings. The summed E-state index contributed by atoms with van der Waals surface area (Å²) < 4.78 is 5.54. The zero-order valence-corrected chi connectivity index (χ0v) is 18.3. The summed E-state index contributed by atoms with van der Waals surface area (Å²) in [7, 11) is 0. The summed E-state index contributed by atoms with van der Waals surface area (Å²) in [5.41, 5.74) is 1.99. The number of hydrogen-bond donors (Lipinski definition) is 0. The van der Waals surface area contributed by atoms with Crippen LogP contribution in [0.4, 0.5) is 0 Å². The first-order valence-electron chi connectivity index (χ1n) is 10.7. The lowest BCUT2D eigenvalue weighted by atomic mass is 9.88. The largest absolute Gasteiger partial charge is 0.421 e. The van der Waals surface area contributed by atoms with Gasteiger partial charge in [0.05, 0.1) is 0 Å². The van der Waals surface area contributed by atoms with Gasteiger partial charge >= 0.3 is 0 Å². The Balaban J connectivity index is 1.43. The van der Waals surface area contributed by atoms with Crippen LogP contribution in [0.5, 0.6) is 0 Å². The fraction of sp³-hybridized carbons (Fsp3) is 0.500. The van der Waals surface area contributed by atoms with Crippen molar-refractivity contribution in [2.24, 2.45) is 11.3 Å². The van der Waals surface area contributed by atoms with Crippen molar-refractivity contribution < 1.29 is 9.21 Å². The van der Waals surface area contributed by atoms with Crippen molar-refractivity contribution in [3.05, 3.63) is 42.0 Å². The van der Waals surface area contributed by atoms with Gasteiger partial charge in [-0.05, 0) is 54.9 Å². The number of benzene rings is 1. The maximum absolute atomic E-state index is 12.9. The fourth-order valence-electron chi connectivity index (χ4n) is 4.24. The lowest BCUT2D eigenvalue weighted by molar-refractivity contribution is -0.123. The van der Waals surface area contributed by atoms with Crippen LogP contribution in [0.2, 0.25) is 0 Å². The molecule has 4 rings (SSSR count). The Morgan fingerprint density at radius 2 is 1.90 bits per heavy atom. The van der Waals surface area contributed by atoms with Gasteiger partial charge in [0.15, 0.2) is 0 Å². The van der Waals surface area contributed by atoms with Gasteiger partial charge in [0.25, 0.3) is 0 Å². The third kappa shape index (κ3) is 4.93. The number of carbonyl (C=O) groups excluding carboxylic acids is 1. The monoisotopic (exact) mass is 406 g/mol. The van der Waals surface area contributed by atoms with Crippen molar-refractivity contribution in [1.82, 2.24) is 20.1 Å². The Morgan fingerprint density at radius 3 is 2.57 bits per heavy atom. The van der Waals surface area contributed by atoms with E-state index in [1.165, 1.54) is 0 Å². The highest BCUT2D eigenvalue weighted by atomic mass is 16.4. The van der Waals surface area contributed by atoms with Crippen molar-refractivity contribution in [3.8, 4) is 11.5 Å². The number of ketones is 1. The number of likely N-dealkylation sites (tertiary alicyclic amines) is 1. The topological polar surface area (TPSA) is 72.1 Å². The van der Waals surface area contributed by atoms with Crippen molar-refractivity contribution in [3.63, 3.8) is 0 Å². The van der Waals surface area contributed by atoms with Crippen LogP contribution in [-0.2, 0) is 11.2 Å². The second kappa shape index (κ2) is 8.26. The zero-order chi connectivity index (χ0) is 21.3. The van der Waals surface area contributed by atoms with Crippen LogP contribution in [0.25, 0.3) is 22.2 Å². The predicted molar refractivity (Wildman–Crippen MR) is 117 cm³/mol. The average Bonchev–Trinajstić information content (AvgIpc) is 3.13. The van der Waals surface area contributed by atoms with Gasteiger partial charge in [0.1, 0.15) is 5.78 Å². The summed E-state index contributed by atoms with van der Waals surface area (Å²) in [5, 5.41) is 10.1. The van der Waals surface area contributed by atoms with Crippen LogP contribution < -0.4 is 0 Å². The molecule has 0 aliphatic carbocycles. The highest BCUT2D eigenvalue weighted by Crippen LogP contribution is 2.26. The molecule has 1 aromatic carbocycles. The van der Waals surface area contributed by atoms with Crippen molar-refractivity contribution in [2.75, 3.05) is 19.6 Å². The quantitative estimate of drug-likeness (QED) is 0.623. The third-order valence-corrected chi connectivity index (χ3v) is 5.65. The van der Waals surface area contributed by atoms with E-state index in [1.807, 2.05) is 30.5 Å².